The molecule has 0 spiro atoms. The molecule has 0 bridgehead atoms. The van der Waals surface area contributed by atoms with Crippen molar-refractivity contribution in [2.45, 2.75) is 71.2 Å². The second-order valence-corrected chi connectivity index (χ2v) is 9.48. The highest BCUT2D eigenvalue weighted by Crippen LogP contribution is 2.38. The molecule has 0 saturated carbocycles. The number of aliphatic imine (C=N–C) groups is 1. The lowest BCUT2D eigenvalue weighted by atomic mass is 9.80. The van der Waals surface area contributed by atoms with Crippen molar-refractivity contribution in [2.75, 3.05) is 0 Å². The highest BCUT2D eigenvalue weighted by atomic mass is 16.6. The first-order chi connectivity index (χ1) is 15.7. The summed E-state index contributed by atoms with van der Waals surface area (Å²) in [4.78, 5) is 31.5. The predicted octanol–water partition coefficient (Wildman–Crippen LogP) is 5.65. The molecule has 0 unspecified atom stereocenters. The predicted molar refractivity (Wildman–Crippen MR) is 128 cm³/mol. The maximum atomic E-state index is 12.7. The number of alkyl carbamates (subject to hydrolysis) is 1. The Morgan fingerprint density at radius 3 is 1.85 bits per heavy atom. The van der Waals surface area contributed by atoms with Gasteiger partial charge in [0.2, 0.25) is 5.96 Å². The van der Waals surface area contributed by atoms with Crippen LogP contribution in [0.15, 0.2) is 65.7 Å². The van der Waals surface area contributed by atoms with Gasteiger partial charge in [0.1, 0.15) is 13.2 Å². The number of ether oxygens (including phenoxy) is 2. The quantitative estimate of drug-likeness (QED) is 0.480. The summed E-state index contributed by atoms with van der Waals surface area (Å²) in [7, 11) is 0. The van der Waals surface area contributed by atoms with Gasteiger partial charge in [-0.1, -0.05) is 60.7 Å². The van der Waals surface area contributed by atoms with Crippen molar-refractivity contribution >= 4 is 18.1 Å². The van der Waals surface area contributed by atoms with E-state index in [2.05, 4.69) is 38.0 Å². The Hall–Kier alpha value is -3.35. The molecule has 2 amide bonds. The van der Waals surface area contributed by atoms with E-state index < -0.39 is 12.2 Å². The zero-order valence-corrected chi connectivity index (χ0v) is 19.8. The van der Waals surface area contributed by atoms with Crippen LogP contribution in [-0.4, -0.2) is 34.1 Å². The molecule has 1 heterocycles. The van der Waals surface area contributed by atoms with E-state index in [-0.39, 0.29) is 30.3 Å². The van der Waals surface area contributed by atoms with Crippen LogP contribution in [0.25, 0.3) is 0 Å². The third-order valence-electron chi connectivity index (χ3n) is 5.83. The largest absolute Gasteiger partial charge is 0.444 e. The lowest BCUT2D eigenvalue weighted by Gasteiger charge is -2.53. The molecule has 2 aromatic rings. The van der Waals surface area contributed by atoms with E-state index in [1.54, 1.807) is 0 Å². The zero-order valence-electron chi connectivity index (χ0n) is 19.8. The van der Waals surface area contributed by atoms with Gasteiger partial charge in [0.25, 0.3) is 0 Å². The number of carbonyl (C=O) groups excluding carboxylic acids is 2. The van der Waals surface area contributed by atoms with E-state index in [9.17, 15) is 9.59 Å². The summed E-state index contributed by atoms with van der Waals surface area (Å²) in [5.74, 6) is 0.140. The Balaban J connectivity index is 1.78. The van der Waals surface area contributed by atoms with Crippen molar-refractivity contribution in [2.24, 2.45) is 4.99 Å². The average molecular weight is 452 g/mol. The molecule has 1 aliphatic rings. The number of hydrogen-bond donors (Lipinski definition) is 1. The van der Waals surface area contributed by atoms with Crippen LogP contribution in [0.3, 0.4) is 0 Å². The molecule has 0 aliphatic carbocycles. The number of likely N-dealkylation sites (tertiary alicyclic amines) is 1. The highest BCUT2D eigenvalue weighted by Gasteiger charge is 2.44. The Morgan fingerprint density at radius 2 is 1.33 bits per heavy atom. The summed E-state index contributed by atoms with van der Waals surface area (Å²) in [5, 5.41) is 2.71. The van der Waals surface area contributed by atoms with Crippen molar-refractivity contribution in [3.8, 4) is 0 Å². The van der Waals surface area contributed by atoms with Crippen molar-refractivity contribution < 1.29 is 19.1 Å². The number of amides is 2. The Kier molecular flexibility index (Phi) is 7.74. The van der Waals surface area contributed by atoms with Gasteiger partial charge >= 0.3 is 12.2 Å². The summed E-state index contributed by atoms with van der Waals surface area (Å²) in [6.07, 6.45) is 1.39. The number of hydrogen-bond acceptors (Lipinski definition) is 4. The van der Waals surface area contributed by atoms with Gasteiger partial charge in [-0.25, -0.2) is 9.59 Å². The normalized spacial score (nSPS) is 17.2. The van der Waals surface area contributed by atoms with Crippen LogP contribution >= 0.6 is 0 Å². The molecule has 7 nitrogen and oxygen atoms in total. The van der Waals surface area contributed by atoms with Gasteiger partial charge in [-0.05, 0) is 58.1 Å². The fraction of sp³-hybridized carbons (Fsp3) is 0.423. The topological polar surface area (TPSA) is 80.2 Å². The molecule has 0 aromatic heterocycles. The van der Waals surface area contributed by atoms with Gasteiger partial charge in [-0.2, -0.15) is 0 Å². The standard InChI is InChI=1S/C26H33N3O4/c1-25(2)16-11-17-26(3,4)29(25)22(27-23(30)32-18-20-12-7-5-8-13-20)28-24(31)33-19-21-14-9-6-10-15-21/h5-10,12-15H,11,16-19H2,1-4H3,(H,27,28,30,31). The molecular formula is C26H33N3O4. The van der Waals surface area contributed by atoms with Gasteiger partial charge in [0.05, 0.1) is 0 Å². The van der Waals surface area contributed by atoms with E-state index in [0.29, 0.717) is 0 Å². The first kappa shape index (κ1) is 24.3. The minimum absolute atomic E-state index is 0.0989. The second kappa shape index (κ2) is 10.5. The molecule has 1 fully saturated rings. The summed E-state index contributed by atoms with van der Waals surface area (Å²) >= 11 is 0. The van der Waals surface area contributed by atoms with Crippen LogP contribution in [0.2, 0.25) is 0 Å². The molecule has 1 N–H and O–H groups in total. The van der Waals surface area contributed by atoms with E-state index in [4.69, 9.17) is 9.47 Å². The summed E-state index contributed by atoms with van der Waals surface area (Å²) in [6.45, 7) is 8.53. The number of benzene rings is 2. The molecule has 3 rings (SSSR count). The van der Waals surface area contributed by atoms with E-state index in [1.807, 2.05) is 65.6 Å². The lowest BCUT2D eigenvalue weighted by molar-refractivity contribution is 0.0367. The maximum Gasteiger partial charge on any atom is 0.437 e. The summed E-state index contributed by atoms with van der Waals surface area (Å²) in [6, 6.07) is 18.8. The molecule has 33 heavy (non-hydrogen) atoms. The fourth-order valence-electron chi connectivity index (χ4n) is 4.39. The van der Waals surface area contributed by atoms with Crippen molar-refractivity contribution in [1.82, 2.24) is 10.2 Å². The Morgan fingerprint density at radius 1 is 0.848 bits per heavy atom. The smallest absolute Gasteiger partial charge is 0.437 e. The first-order valence-corrected chi connectivity index (χ1v) is 11.2. The van der Waals surface area contributed by atoms with Crippen LogP contribution in [-0.2, 0) is 22.7 Å². The number of nitrogens with one attached hydrogen (secondary N) is 1. The molecule has 2 aromatic carbocycles. The van der Waals surface area contributed by atoms with Crippen molar-refractivity contribution in [3.63, 3.8) is 0 Å². The van der Waals surface area contributed by atoms with Crippen LogP contribution in [0.4, 0.5) is 9.59 Å². The first-order valence-electron chi connectivity index (χ1n) is 11.2. The number of nitrogens with zero attached hydrogens (tertiary/aromatic N) is 2. The number of rotatable bonds is 4. The van der Waals surface area contributed by atoms with E-state index in [1.165, 1.54) is 0 Å². The third-order valence-corrected chi connectivity index (χ3v) is 5.83. The maximum absolute atomic E-state index is 12.7. The lowest BCUT2D eigenvalue weighted by Crippen LogP contribution is -2.64. The third kappa shape index (κ3) is 6.81. The van der Waals surface area contributed by atoms with Gasteiger partial charge in [-0.15, -0.1) is 4.99 Å². The van der Waals surface area contributed by atoms with Crippen molar-refractivity contribution in [3.05, 3.63) is 71.8 Å². The minimum Gasteiger partial charge on any atom is -0.444 e. The summed E-state index contributed by atoms with van der Waals surface area (Å²) < 4.78 is 10.7. The number of piperidine rings is 1. The van der Waals surface area contributed by atoms with Gasteiger partial charge in [0.15, 0.2) is 0 Å². The van der Waals surface area contributed by atoms with Crippen LogP contribution in [0.1, 0.15) is 58.1 Å². The molecule has 1 aliphatic heterocycles. The SMILES string of the molecule is CC1(C)CCCC(C)(C)N1/C(=N\C(=O)OCc1ccccc1)NC(=O)OCc1ccccc1. The minimum atomic E-state index is -0.769. The van der Waals surface area contributed by atoms with E-state index in [0.717, 1.165) is 30.4 Å². The Labute approximate surface area is 195 Å². The molecule has 0 atom stereocenters. The second-order valence-electron chi connectivity index (χ2n) is 9.48. The average Bonchev–Trinajstić information content (AvgIpc) is 2.76. The van der Waals surface area contributed by atoms with Crippen LogP contribution < -0.4 is 5.32 Å². The Bertz CT molecular complexity index is 956. The fourth-order valence-corrected chi connectivity index (χ4v) is 4.39. The number of guanidine groups is 1. The summed E-state index contributed by atoms with van der Waals surface area (Å²) in [5.41, 5.74) is 1.07. The van der Waals surface area contributed by atoms with Gasteiger partial charge in [-0.3, -0.25) is 5.32 Å². The van der Waals surface area contributed by atoms with E-state index >= 15 is 0 Å². The molecule has 0 radical (unpaired) electrons. The molecule has 176 valence electrons. The molecular weight excluding hydrogens is 418 g/mol. The highest BCUT2D eigenvalue weighted by molar-refractivity contribution is 5.99. The van der Waals surface area contributed by atoms with Crippen LogP contribution in [0, 0.1) is 0 Å². The monoisotopic (exact) mass is 451 g/mol. The number of carbonyl (C=O) groups is 2. The van der Waals surface area contributed by atoms with Gasteiger partial charge < -0.3 is 14.4 Å². The van der Waals surface area contributed by atoms with Crippen molar-refractivity contribution in [1.29, 1.82) is 0 Å². The van der Waals surface area contributed by atoms with Crippen LogP contribution in [0.5, 0.6) is 0 Å². The zero-order chi connectivity index (χ0) is 23.9. The molecule has 1 saturated heterocycles. The van der Waals surface area contributed by atoms with Gasteiger partial charge in [0, 0.05) is 11.1 Å². The molecule has 7 heteroatoms.